The molecule has 2 aliphatic rings. The smallest absolute Gasteiger partial charge is 0.274 e. The van der Waals surface area contributed by atoms with Crippen LogP contribution in [0.1, 0.15) is 51.5 Å². The molecule has 0 bridgehead atoms. The fourth-order valence-corrected chi connectivity index (χ4v) is 4.12. The number of nitrogens with zero attached hydrogens (tertiary/aromatic N) is 4. The molecule has 4 rings (SSSR count). The van der Waals surface area contributed by atoms with Crippen LogP contribution in [-0.4, -0.2) is 75.5 Å². The minimum absolute atomic E-state index is 0.000738. The van der Waals surface area contributed by atoms with Gasteiger partial charge in [-0.05, 0) is 32.9 Å². The average Bonchev–Trinajstić information content (AvgIpc) is 3.16. The second-order valence-electron chi connectivity index (χ2n) is 8.29. The Hall–Kier alpha value is -2.67. The molecule has 0 aliphatic carbocycles. The standard InChI is InChI=1S/C22H29N5O2/c1-15(2)25-10-12-26(13-11-25)22(29)20-18-14-27(9-8-19(18)23-24-20)21(28)17-6-4-16(3)5-7-17/h4-7,15H,8-14H2,1-3H3,(H,23,24). The van der Waals surface area contributed by atoms with E-state index in [1.54, 1.807) is 0 Å². The summed E-state index contributed by atoms with van der Waals surface area (Å²) in [5.74, 6) is -0.0312. The highest BCUT2D eigenvalue weighted by Gasteiger charge is 2.31. The number of benzene rings is 1. The lowest BCUT2D eigenvalue weighted by molar-refractivity contribution is 0.0584. The fraction of sp³-hybridized carbons (Fsp3) is 0.500. The molecule has 0 radical (unpaired) electrons. The summed E-state index contributed by atoms with van der Waals surface area (Å²) in [7, 11) is 0. The summed E-state index contributed by atoms with van der Waals surface area (Å²) in [6, 6.07) is 8.12. The molecule has 0 atom stereocenters. The van der Waals surface area contributed by atoms with Crippen LogP contribution in [0.15, 0.2) is 24.3 Å². The zero-order valence-corrected chi connectivity index (χ0v) is 17.4. The molecule has 1 saturated heterocycles. The third kappa shape index (κ3) is 3.92. The van der Waals surface area contributed by atoms with Crippen molar-refractivity contribution in [3.05, 3.63) is 52.3 Å². The number of aryl methyl sites for hydroxylation is 1. The van der Waals surface area contributed by atoms with Crippen LogP contribution in [-0.2, 0) is 13.0 Å². The molecule has 0 saturated carbocycles. The van der Waals surface area contributed by atoms with Crippen molar-refractivity contribution in [2.45, 2.75) is 39.8 Å². The zero-order chi connectivity index (χ0) is 20.5. The molecule has 1 aromatic heterocycles. The molecule has 1 fully saturated rings. The van der Waals surface area contributed by atoms with Crippen molar-refractivity contribution in [1.82, 2.24) is 24.9 Å². The molecule has 29 heavy (non-hydrogen) atoms. The molecule has 154 valence electrons. The largest absolute Gasteiger partial charge is 0.335 e. The maximum absolute atomic E-state index is 13.1. The Morgan fingerprint density at radius 2 is 1.66 bits per heavy atom. The van der Waals surface area contributed by atoms with Crippen LogP contribution in [0, 0.1) is 6.92 Å². The highest BCUT2D eigenvalue weighted by atomic mass is 16.2. The van der Waals surface area contributed by atoms with E-state index in [2.05, 4.69) is 28.9 Å². The van der Waals surface area contributed by atoms with E-state index in [9.17, 15) is 9.59 Å². The van der Waals surface area contributed by atoms with Crippen molar-refractivity contribution in [3.8, 4) is 0 Å². The van der Waals surface area contributed by atoms with Gasteiger partial charge in [-0.1, -0.05) is 17.7 Å². The van der Waals surface area contributed by atoms with E-state index in [1.165, 1.54) is 0 Å². The van der Waals surface area contributed by atoms with Crippen molar-refractivity contribution in [2.24, 2.45) is 0 Å². The number of hydrogen-bond acceptors (Lipinski definition) is 4. The van der Waals surface area contributed by atoms with E-state index in [1.807, 2.05) is 41.0 Å². The zero-order valence-electron chi connectivity index (χ0n) is 17.4. The first-order valence-corrected chi connectivity index (χ1v) is 10.4. The first kappa shape index (κ1) is 19.6. The van der Waals surface area contributed by atoms with Gasteiger partial charge >= 0.3 is 0 Å². The summed E-state index contributed by atoms with van der Waals surface area (Å²) in [5, 5.41) is 7.37. The molecule has 2 aromatic rings. The molecule has 1 aromatic carbocycles. The second kappa shape index (κ2) is 7.99. The molecule has 7 nitrogen and oxygen atoms in total. The summed E-state index contributed by atoms with van der Waals surface area (Å²) in [4.78, 5) is 32.1. The highest BCUT2D eigenvalue weighted by molar-refractivity contribution is 5.96. The molecule has 2 amide bonds. The van der Waals surface area contributed by atoms with Gasteiger partial charge < -0.3 is 9.80 Å². The predicted molar refractivity (Wildman–Crippen MR) is 111 cm³/mol. The molecule has 0 unspecified atom stereocenters. The fourth-order valence-electron chi connectivity index (χ4n) is 4.12. The Balaban J connectivity index is 1.48. The van der Waals surface area contributed by atoms with E-state index in [4.69, 9.17) is 0 Å². The van der Waals surface area contributed by atoms with Gasteiger partial charge in [0.05, 0.1) is 6.54 Å². The van der Waals surface area contributed by atoms with Crippen molar-refractivity contribution >= 4 is 11.8 Å². The van der Waals surface area contributed by atoms with Gasteiger partial charge in [0.2, 0.25) is 0 Å². The molecular weight excluding hydrogens is 366 g/mol. The summed E-state index contributed by atoms with van der Waals surface area (Å²) in [5.41, 5.74) is 4.12. The third-order valence-corrected chi connectivity index (χ3v) is 6.05. The first-order chi connectivity index (χ1) is 13.9. The van der Waals surface area contributed by atoms with E-state index in [0.29, 0.717) is 49.9 Å². The monoisotopic (exact) mass is 395 g/mol. The van der Waals surface area contributed by atoms with Gasteiger partial charge in [0.15, 0.2) is 5.69 Å². The molecular formula is C22H29N5O2. The van der Waals surface area contributed by atoms with Crippen molar-refractivity contribution < 1.29 is 9.59 Å². The molecule has 7 heteroatoms. The Morgan fingerprint density at radius 1 is 0.966 bits per heavy atom. The number of hydrogen-bond donors (Lipinski definition) is 1. The average molecular weight is 396 g/mol. The highest BCUT2D eigenvalue weighted by Crippen LogP contribution is 2.23. The van der Waals surface area contributed by atoms with Gasteiger partial charge in [-0.25, -0.2) is 0 Å². The Labute approximate surface area is 171 Å². The quantitative estimate of drug-likeness (QED) is 0.864. The minimum atomic E-state index is -0.0319. The van der Waals surface area contributed by atoms with E-state index >= 15 is 0 Å². The molecule has 0 spiro atoms. The lowest BCUT2D eigenvalue weighted by Crippen LogP contribution is -2.51. The van der Waals surface area contributed by atoms with Crippen LogP contribution in [0.25, 0.3) is 0 Å². The van der Waals surface area contributed by atoms with E-state index in [-0.39, 0.29) is 11.8 Å². The van der Waals surface area contributed by atoms with Crippen LogP contribution >= 0.6 is 0 Å². The van der Waals surface area contributed by atoms with Crippen molar-refractivity contribution in [3.63, 3.8) is 0 Å². The number of aromatic amines is 1. The number of H-pyrrole nitrogens is 1. The molecule has 3 heterocycles. The van der Waals surface area contributed by atoms with Crippen LogP contribution < -0.4 is 0 Å². The van der Waals surface area contributed by atoms with Crippen LogP contribution in [0.2, 0.25) is 0 Å². The van der Waals surface area contributed by atoms with Gasteiger partial charge in [0.1, 0.15) is 0 Å². The number of aromatic nitrogens is 2. The Morgan fingerprint density at radius 3 is 2.31 bits per heavy atom. The van der Waals surface area contributed by atoms with Crippen LogP contribution in [0.3, 0.4) is 0 Å². The second-order valence-corrected chi connectivity index (χ2v) is 8.29. The van der Waals surface area contributed by atoms with Gasteiger partial charge in [0, 0.05) is 62.0 Å². The number of rotatable bonds is 3. The number of fused-ring (bicyclic) bond motifs is 1. The normalized spacial score (nSPS) is 17.5. The predicted octanol–water partition coefficient (Wildman–Crippen LogP) is 2.08. The van der Waals surface area contributed by atoms with Gasteiger partial charge in [0.25, 0.3) is 11.8 Å². The molecule has 1 N–H and O–H groups in total. The topological polar surface area (TPSA) is 72.5 Å². The summed E-state index contributed by atoms with van der Waals surface area (Å²) in [6.45, 7) is 10.6. The SMILES string of the molecule is Cc1ccc(C(=O)N2CCc3[nH]nc(C(=O)N4CCN(C(C)C)CC4)c3C2)cc1. The number of amides is 2. The number of carbonyl (C=O) groups excluding carboxylic acids is 2. The van der Waals surface area contributed by atoms with Gasteiger partial charge in [-0.3, -0.25) is 19.6 Å². The lowest BCUT2D eigenvalue weighted by atomic mass is 10.0. The summed E-state index contributed by atoms with van der Waals surface area (Å²) in [6.07, 6.45) is 0.689. The Bertz CT molecular complexity index is 894. The number of piperazine rings is 1. The van der Waals surface area contributed by atoms with E-state index < -0.39 is 0 Å². The minimum Gasteiger partial charge on any atom is -0.335 e. The summed E-state index contributed by atoms with van der Waals surface area (Å²) >= 11 is 0. The van der Waals surface area contributed by atoms with Crippen molar-refractivity contribution in [2.75, 3.05) is 32.7 Å². The number of carbonyl (C=O) groups is 2. The van der Waals surface area contributed by atoms with Crippen molar-refractivity contribution in [1.29, 1.82) is 0 Å². The molecule has 2 aliphatic heterocycles. The maximum Gasteiger partial charge on any atom is 0.274 e. The first-order valence-electron chi connectivity index (χ1n) is 10.4. The van der Waals surface area contributed by atoms with E-state index in [0.717, 1.165) is 29.9 Å². The lowest BCUT2D eigenvalue weighted by Gasteiger charge is -2.36. The number of nitrogens with one attached hydrogen (secondary N) is 1. The van der Waals surface area contributed by atoms with Gasteiger partial charge in [-0.15, -0.1) is 0 Å². The Kier molecular flexibility index (Phi) is 5.41. The summed E-state index contributed by atoms with van der Waals surface area (Å²) < 4.78 is 0. The van der Waals surface area contributed by atoms with Crippen LogP contribution in [0.4, 0.5) is 0 Å². The third-order valence-electron chi connectivity index (χ3n) is 6.05. The van der Waals surface area contributed by atoms with Gasteiger partial charge in [-0.2, -0.15) is 5.10 Å². The van der Waals surface area contributed by atoms with Crippen LogP contribution in [0.5, 0.6) is 0 Å². The maximum atomic E-state index is 13.1.